The summed E-state index contributed by atoms with van der Waals surface area (Å²) < 4.78 is 39.8. The maximum atomic E-state index is 13.8. The van der Waals surface area contributed by atoms with Gasteiger partial charge in [-0.05, 0) is 51.2 Å². The molecule has 1 aliphatic heterocycles. The van der Waals surface area contributed by atoms with Crippen molar-refractivity contribution in [3.05, 3.63) is 28.6 Å². The lowest BCUT2D eigenvalue weighted by Crippen LogP contribution is -2.45. The van der Waals surface area contributed by atoms with Crippen molar-refractivity contribution in [2.45, 2.75) is 17.1 Å². The third-order valence-electron chi connectivity index (χ3n) is 6.11. The molecule has 2 aromatic heterocycles. The molecular weight excluding hydrogens is 544 g/mol. The first-order chi connectivity index (χ1) is 17.1. The van der Waals surface area contributed by atoms with Crippen LogP contribution in [0.1, 0.15) is 12.8 Å². The average molecular weight is 573 g/mol. The lowest BCUT2D eigenvalue weighted by molar-refractivity contribution is -0.123. The lowest BCUT2D eigenvalue weighted by Gasteiger charge is -2.33. The van der Waals surface area contributed by atoms with Crippen LogP contribution < -0.4 is 14.4 Å². The van der Waals surface area contributed by atoms with Gasteiger partial charge in [0.2, 0.25) is 5.91 Å². The van der Waals surface area contributed by atoms with Crippen molar-refractivity contribution in [3.8, 4) is 11.5 Å². The molecule has 3 heterocycles. The van der Waals surface area contributed by atoms with Crippen molar-refractivity contribution in [2.75, 3.05) is 59.4 Å². The number of carbonyl (C=O) groups excluding carboxylic acids is 1. The van der Waals surface area contributed by atoms with E-state index in [0.29, 0.717) is 52.4 Å². The van der Waals surface area contributed by atoms with Gasteiger partial charge in [-0.25, -0.2) is 13.4 Å². The van der Waals surface area contributed by atoms with Crippen LogP contribution >= 0.6 is 34.3 Å². The second kappa shape index (κ2) is 11.2. The van der Waals surface area contributed by atoms with Crippen molar-refractivity contribution >= 4 is 65.6 Å². The van der Waals surface area contributed by atoms with Crippen LogP contribution in [-0.4, -0.2) is 83.0 Å². The maximum absolute atomic E-state index is 13.8. The smallest absolute Gasteiger partial charge is 0.252 e. The molecule has 1 amide bonds. The first-order valence-electron chi connectivity index (χ1n) is 11.4. The highest BCUT2D eigenvalue weighted by atomic mass is 35.5. The number of rotatable bonds is 9. The summed E-state index contributed by atoms with van der Waals surface area (Å²) >= 11 is 8.37. The zero-order chi connectivity index (χ0) is 26.0. The molecule has 0 radical (unpaired) electrons. The number of carbonyl (C=O) groups is 1. The molecule has 1 saturated heterocycles. The molecular formula is C23H29ClN4O5S3. The van der Waals surface area contributed by atoms with Crippen molar-refractivity contribution in [1.82, 2.24) is 14.2 Å². The van der Waals surface area contributed by atoms with Gasteiger partial charge >= 0.3 is 0 Å². The summed E-state index contributed by atoms with van der Waals surface area (Å²) in [5.41, 5.74) is 0.648. The number of amides is 1. The number of benzene rings is 1. The van der Waals surface area contributed by atoms with Crippen LogP contribution in [0, 0.1) is 5.92 Å². The zero-order valence-electron chi connectivity index (χ0n) is 20.6. The predicted octanol–water partition coefficient (Wildman–Crippen LogP) is 4.02. The molecule has 0 N–H and O–H groups in total. The van der Waals surface area contributed by atoms with E-state index in [-0.39, 0.29) is 29.1 Å². The Labute approximate surface area is 224 Å². The summed E-state index contributed by atoms with van der Waals surface area (Å²) in [6.45, 7) is 1.67. The van der Waals surface area contributed by atoms with E-state index in [1.807, 2.05) is 25.1 Å². The first kappa shape index (κ1) is 27.1. The number of thiazole rings is 1. The number of sulfonamides is 1. The Hall–Kier alpha value is -1.96. The number of hydrogen-bond acceptors (Lipinski definition) is 9. The fourth-order valence-corrected chi connectivity index (χ4v) is 8.33. The van der Waals surface area contributed by atoms with E-state index >= 15 is 0 Å². The normalized spacial score (nSPS) is 15.5. The topological polar surface area (TPSA) is 92.3 Å². The van der Waals surface area contributed by atoms with E-state index in [9.17, 15) is 13.2 Å². The minimum atomic E-state index is -3.62. The number of aromatic nitrogens is 1. The average Bonchev–Trinajstić information content (AvgIpc) is 3.50. The molecule has 9 nitrogen and oxygen atoms in total. The Morgan fingerprint density at radius 1 is 1.08 bits per heavy atom. The number of likely N-dealkylation sites (N-methyl/N-ethyl adjacent to an activating group) is 1. The van der Waals surface area contributed by atoms with Gasteiger partial charge in [0.1, 0.15) is 25.9 Å². The number of piperidine rings is 1. The van der Waals surface area contributed by atoms with E-state index < -0.39 is 10.0 Å². The summed E-state index contributed by atoms with van der Waals surface area (Å²) in [7, 11) is 3.47. The van der Waals surface area contributed by atoms with Gasteiger partial charge in [-0.15, -0.1) is 11.3 Å². The first-order valence-corrected chi connectivity index (χ1v) is 14.8. The molecule has 196 valence electrons. The molecule has 0 aliphatic carbocycles. The monoisotopic (exact) mass is 572 g/mol. The van der Waals surface area contributed by atoms with Crippen LogP contribution in [0.25, 0.3) is 10.2 Å². The van der Waals surface area contributed by atoms with E-state index in [1.54, 1.807) is 31.3 Å². The minimum absolute atomic E-state index is 0.0509. The molecule has 3 aromatic rings. The summed E-state index contributed by atoms with van der Waals surface area (Å²) in [6, 6.07) is 6.73. The van der Waals surface area contributed by atoms with Crippen molar-refractivity contribution in [3.63, 3.8) is 0 Å². The SMILES string of the molecule is COc1ccc(OC)c2sc(N(CCN(C)C)C(=O)C3CCN(S(=O)(=O)c4ccc(Cl)s4)CC3)nc12. The van der Waals surface area contributed by atoms with Crippen LogP contribution in [0.2, 0.25) is 4.34 Å². The lowest BCUT2D eigenvalue weighted by atomic mass is 9.96. The number of methoxy groups -OCH3 is 2. The molecule has 0 saturated carbocycles. The van der Waals surface area contributed by atoms with Crippen LogP contribution in [0.3, 0.4) is 0 Å². The third kappa shape index (κ3) is 5.48. The molecule has 36 heavy (non-hydrogen) atoms. The molecule has 13 heteroatoms. The fourth-order valence-electron chi connectivity index (χ4n) is 4.12. The number of fused-ring (bicyclic) bond motifs is 1. The van der Waals surface area contributed by atoms with E-state index in [4.69, 9.17) is 26.1 Å². The highest BCUT2D eigenvalue weighted by Gasteiger charge is 2.35. The van der Waals surface area contributed by atoms with E-state index in [0.717, 1.165) is 16.0 Å². The number of nitrogens with zero attached hydrogens (tertiary/aromatic N) is 4. The van der Waals surface area contributed by atoms with Crippen LogP contribution in [-0.2, 0) is 14.8 Å². The van der Waals surface area contributed by atoms with Gasteiger partial charge in [-0.1, -0.05) is 22.9 Å². The third-order valence-corrected chi connectivity index (χ3v) is 10.8. The molecule has 0 bridgehead atoms. The number of ether oxygens (including phenoxy) is 2. The summed E-state index contributed by atoms with van der Waals surface area (Å²) in [4.78, 5) is 22.2. The summed E-state index contributed by atoms with van der Waals surface area (Å²) in [5, 5.41) is 0.572. The molecule has 1 aromatic carbocycles. The van der Waals surface area contributed by atoms with Gasteiger partial charge in [0.05, 0.1) is 18.6 Å². The van der Waals surface area contributed by atoms with Gasteiger partial charge < -0.3 is 14.4 Å². The second-order valence-corrected chi connectivity index (χ2v) is 13.5. The highest BCUT2D eigenvalue weighted by molar-refractivity contribution is 7.91. The number of anilines is 1. The standard InChI is InChI=1S/C23H29ClN4O5S3/c1-26(2)13-14-28(23-25-20-16(32-3)5-6-17(33-4)21(20)35-23)22(29)15-9-11-27(12-10-15)36(30,31)19-8-7-18(24)34-19/h5-8,15H,9-14H2,1-4H3. The number of halogens is 1. The Bertz CT molecular complexity index is 1290. The Morgan fingerprint density at radius 3 is 2.33 bits per heavy atom. The van der Waals surface area contributed by atoms with Crippen molar-refractivity contribution < 1.29 is 22.7 Å². The molecule has 4 rings (SSSR count). The highest BCUT2D eigenvalue weighted by Crippen LogP contribution is 2.41. The molecule has 0 atom stereocenters. The van der Waals surface area contributed by atoms with Crippen LogP contribution in [0.15, 0.2) is 28.5 Å². The predicted molar refractivity (Wildman–Crippen MR) is 144 cm³/mol. The van der Waals surface area contributed by atoms with Gasteiger partial charge in [0.25, 0.3) is 10.0 Å². The van der Waals surface area contributed by atoms with E-state index in [2.05, 4.69) is 0 Å². The van der Waals surface area contributed by atoms with Crippen LogP contribution in [0.4, 0.5) is 5.13 Å². The molecule has 0 spiro atoms. The quantitative estimate of drug-likeness (QED) is 0.382. The van der Waals surface area contributed by atoms with Gasteiger partial charge in [0, 0.05) is 32.1 Å². The largest absolute Gasteiger partial charge is 0.495 e. The van der Waals surface area contributed by atoms with E-state index in [1.165, 1.54) is 21.7 Å². The Morgan fingerprint density at radius 2 is 1.75 bits per heavy atom. The Balaban J connectivity index is 1.57. The number of hydrogen-bond donors (Lipinski definition) is 0. The Kier molecular flexibility index (Phi) is 8.42. The van der Waals surface area contributed by atoms with Crippen molar-refractivity contribution in [1.29, 1.82) is 0 Å². The maximum Gasteiger partial charge on any atom is 0.252 e. The molecule has 1 fully saturated rings. The van der Waals surface area contributed by atoms with Crippen molar-refractivity contribution in [2.24, 2.45) is 5.92 Å². The zero-order valence-corrected chi connectivity index (χ0v) is 23.8. The van der Waals surface area contributed by atoms with Gasteiger partial charge in [-0.3, -0.25) is 9.69 Å². The minimum Gasteiger partial charge on any atom is -0.495 e. The summed E-state index contributed by atoms with van der Waals surface area (Å²) in [5.74, 6) is 0.925. The molecule has 0 unspecified atom stereocenters. The molecule has 1 aliphatic rings. The van der Waals surface area contributed by atoms with Gasteiger partial charge in [-0.2, -0.15) is 4.31 Å². The van der Waals surface area contributed by atoms with Crippen LogP contribution in [0.5, 0.6) is 11.5 Å². The second-order valence-electron chi connectivity index (χ2n) is 8.67. The summed E-state index contributed by atoms with van der Waals surface area (Å²) in [6.07, 6.45) is 0.875. The number of thiophene rings is 1. The van der Waals surface area contributed by atoms with Gasteiger partial charge in [0.15, 0.2) is 5.13 Å². The fraction of sp³-hybridized carbons (Fsp3) is 0.478.